The molecular weight excluding hydrogens is 416 g/mol. The predicted molar refractivity (Wildman–Crippen MR) is 121 cm³/mol. The van der Waals surface area contributed by atoms with E-state index in [-0.39, 0.29) is 6.42 Å². The van der Waals surface area contributed by atoms with Crippen LogP contribution in [0.3, 0.4) is 0 Å². The molecule has 1 aliphatic carbocycles. The van der Waals surface area contributed by atoms with E-state index in [9.17, 15) is 35.4 Å². The summed E-state index contributed by atoms with van der Waals surface area (Å²) < 4.78 is 4.80. The largest absolute Gasteiger partial charge is 0.427 e. The lowest BCUT2D eigenvalue weighted by Gasteiger charge is -2.46. The number of hydrogen-bond acceptors (Lipinski definition) is 8. The van der Waals surface area contributed by atoms with Gasteiger partial charge in [-0.1, -0.05) is 96.8 Å². The van der Waals surface area contributed by atoms with Crippen LogP contribution in [0.5, 0.6) is 0 Å². The molecule has 1 rings (SSSR count). The SMILES string of the molecule is CCCCCCCCCCCCCCCCCC(=O)O[C@]1(O)[C@H](O)[C@H](O)[C@@H](O)[C@H](O)[C@H]1O. The Morgan fingerprint density at radius 1 is 0.625 bits per heavy atom. The Kier molecular flexibility index (Phi) is 14.6. The molecule has 8 heteroatoms. The molecule has 0 unspecified atom stereocenters. The van der Waals surface area contributed by atoms with Crippen LogP contribution >= 0.6 is 0 Å². The van der Waals surface area contributed by atoms with Crippen molar-refractivity contribution in [3.63, 3.8) is 0 Å². The highest BCUT2D eigenvalue weighted by Crippen LogP contribution is 2.32. The lowest BCUT2D eigenvalue weighted by atomic mass is 9.82. The molecule has 8 nitrogen and oxygen atoms in total. The zero-order valence-electron chi connectivity index (χ0n) is 19.7. The molecule has 1 saturated carbocycles. The molecule has 0 aromatic rings. The van der Waals surface area contributed by atoms with Gasteiger partial charge in [-0.2, -0.15) is 0 Å². The number of aliphatic hydroxyl groups excluding tert-OH is 5. The number of hydrogen-bond donors (Lipinski definition) is 6. The molecular formula is C24H46O8. The van der Waals surface area contributed by atoms with Gasteiger partial charge in [-0.25, -0.2) is 0 Å². The Hall–Kier alpha value is -0.770. The van der Waals surface area contributed by atoms with Gasteiger partial charge < -0.3 is 35.4 Å². The number of carbonyl (C=O) groups excluding carboxylic acids is 1. The normalized spacial score (nSPS) is 30.4. The Morgan fingerprint density at radius 3 is 1.34 bits per heavy atom. The number of unbranched alkanes of at least 4 members (excludes halogenated alkanes) is 14. The third kappa shape index (κ3) is 9.61. The summed E-state index contributed by atoms with van der Waals surface area (Å²) in [6, 6.07) is 0. The first kappa shape index (κ1) is 29.3. The summed E-state index contributed by atoms with van der Waals surface area (Å²) in [7, 11) is 0. The maximum Gasteiger partial charge on any atom is 0.308 e. The molecule has 1 fully saturated rings. The molecule has 0 heterocycles. The van der Waals surface area contributed by atoms with Gasteiger partial charge >= 0.3 is 5.97 Å². The number of aliphatic hydroxyl groups is 6. The molecule has 6 atom stereocenters. The first-order valence-corrected chi connectivity index (χ1v) is 12.6. The molecule has 0 bridgehead atoms. The van der Waals surface area contributed by atoms with Crippen molar-refractivity contribution in [3.05, 3.63) is 0 Å². The Morgan fingerprint density at radius 2 is 0.969 bits per heavy atom. The standard InChI is InChI=1S/C24H46O8/c1-2-3-4-5-6-7-8-9-10-11-12-13-14-15-16-17-18(25)32-24(31)22(29)20(27)19(26)21(28)23(24)30/h19-23,26-31H,2-17H2,1H3/t19-,20-,21+,22-,23-,24-/m1/s1. The number of esters is 1. The van der Waals surface area contributed by atoms with Crippen LogP contribution in [0.4, 0.5) is 0 Å². The van der Waals surface area contributed by atoms with Gasteiger partial charge in [-0.05, 0) is 6.42 Å². The van der Waals surface area contributed by atoms with Crippen LogP contribution in [0.2, 0.25) is 0 Å². The van der Waals surface area contributed by atoms with Crippen LogP contribution in [-0.2, 0) is 9.53 Å². The first-order chi connectivity index (χ1) is 15.3. The van der Waals surface area contributed by atoms with Gasteiger partial charge in [-0.3, -0.25) is 4.79 Å². The van der Waals surface area contributed by atoms with Gasteiger partial charge in [0.25, 0.3) is 5.79 Å². The van der Waals surface area contributed by atoms with Crippen LogP contribution in [0.1, 0.15) is 110 Å². The van der Waals surface area contributed by atoms with Crippen molar-refractivity contribution < 1.29 is 40.2 Å². The lowest BCUT2D eigenvalue weighted by molar-refractivity contribution is -0.347. The van der Waals surface area contributed by atoms with Crippen molar-refractivity contribution in [1.82, 2.24) is 0 Å². The van der Waals surface area contributed by atoms with E-state index >= 15 is 0 Å². The van der Waals surface area contributed by atoms with Gasteiger partial charge in [0.05, 0.1) is 0 Å². The molecule has 0 aromatic carbocycles. The van der Waals surface area contributed by atoms with Crippen LogP contribution in [0.15, 0.2) is 0 Å². The molecule has 6 N–H and O–H groups in total. The predicted octanol–water partition coefficient (Wildman–Crippen LogP) is 2.30. The summed E-state index contributed by atoms with van der Waals surface area (Å²) in [5, 5.41) is 59.0. The summed E-state index contributed by atoms with van der Waals surface area (Å²) in [6.45, 7) is 2.24. The quantitative estimate of drug-likeness (QED) is 0.110. The molecule has 0 amide bonds. The summed E-state index contributed by atoms with van der Waals surface area (Å²) in [5.74, 6) is -3.72. The molecule has 0 radical (unpaired) electrons. The van der Waals surface area contributed by atoms with E-state index in [2.05, 4.69) is 6.92 Å². The summed E-state index contributed by atoms with van der Waals surface area (Å²) in [4.78, 5) is 12.0. The molecule has 0 saturated heterocycles. The maximum atomic E-state index is 12.0. The zero-order chi connectivity index (χ0) is 24.0. The maximum absolute atomic E-state index is 12.0. The lowest BCUT2D eigenvalue weighted by Crippen LogP contribution is -2.72. The van der Waals surface area contributed by atoms with Crippen molar-refractivity contribution >= 4 is 5.97 Å². The number of ether oxygens (including phenoxy) is 1. The smallest absolute Gasteiger partial charge is 0.308 e. The van der Waals surface area contributed by atoms with E-state index in [1.165, 1.54) is 70.6 Å². The highest BCUT2D eigenvalue weighted by molar-refractivity contribution is 5.69. The van der Waals surface area contributed by atoms with Gasteiger partial charge in [0, 0.05) is 6.42 Å². The minimum absolute atomic E-state index is 0.0191. The molecule has 190 valence electrons. The summed E-state index contributed by atoms with van der Waals surface area (Å²) >= 11 is 0. The molecule has 0 spiro atoms. The van der Waals surface area contributed by atoms with Gasteiger partial charge in [-0.15, -0.1) is 0 Å². The molecule has 0 aromatic heterocycles. The Bertz CT molecular complexity index is 484. The number of rotatable bonds is 17. The second-order valence-electron chi connectivity index (χ2n) is 9.29. The van der Waals surface area contributed by atoms with Gasteiger partial charge in [0.15, 0.2) is 12.2 Å². The fourth-order valence-corrected chi connectivity index (χ4v) is 4.23. The van der Waals surface area contributed by atoms with Crippen LogP contribution in [0, 0.1) is 0 Å². The Balaban J connectivity index is 2.05. The topological polar surface area (TPSA) is 148 Å². The van der Waals surface area contributed by atoms with E-state index in [0.29, 0.717) is 6.42 Å². The van der Waals surface area contributed by atoms with Crippen LogP contribution < -0.4 is 0 Å². The van der Waals surface area contributed by atoms with E-state index < -0.39 is 42.3 Å². The second-order valence-corrected chi connectivity index (χ2v) is 9.29. The third-order valence-corrected chi connectivity index (χ3v) is 6.46. The average molecular weight is 463 g/mol. The van der Waals surface area contributed by atoms with E-state index in [0.717, 1.165) is 19.3 Å². The highest BCUT2D eigenvalue weighted by atomic mass is 16.7. The van der Waals surface area contributed by atoms with Gasteiger partial charge in [0.1, 0.15) is 18.3 Å². The van der Waals surface area contributed by atoms with Gasteiger partial charge in [0.2, 0.25) is 0 Å². The number of carbonyl (C=O) groups is 1. The average Bonchev–Trinajstić information content (AvgIpc) is 2.78. The summed E-state index contributed by atoms with van der Waals surface area (Å²) in [6.07, 6.45) is 7.79. The van der Waals surface area contributed by atoms with E-state index in [1.54, 1.807) is 0 Å². The van der Waals surface area contributed by atoms with Crippen molar-refractivity contribution in [2.45, 2.75) is 146 Å². The Labute approximate surface area is 192 Å². The van der Waals surface area contributed by atoms with Crippen molar-refractivity contribution in [2.24, 2.45) is 0 Å². The van der Waals surface area contributed by atoms with Crippen LogP contribution in [-0.4, -0.2) is 72.9 Å². The fraction of sp³-hybridized carbons (Fsp3) is 0.958. The molecule has 0 aliphatic heterocycles. The van der Waals surface area contributed by atoms with Crippen molar-refractivity contribution in [1.29, 1.82) is 0 Å². The van der Waals surface area contributed by atoms with E-state index in [4.69, 9.17) is 4.74 Å². The van der Waals surface area contributed by atoms with Crippen LogP contribution in [0.25, 0.3) is 0 Å². The minimum atomic E-state index is -2.87. The molecule has 32 heavy (non-hydrogen) atoms. The fourth-order valence-electron chi connectivity index (χ4n) is 4.23. The second kappa shape index (κ2) is 16.0. The minimum Gasteiger partial charge on any atom is -0.427 e. The monoisotopic (exact) mass is 462 g/mol. The van der Waals surface area contributed by atoms with Crippen molar-refractivity contribution in [2.75, 3.05) is 0 Å². The zero-order valence-corrected chi connectivity index (χ0v) is 19.7. The highest BCUT2D eigenvalue weighted by Gasteiger charge is 2.60. The summed E-state index contributed by atoms with van der Waals surface area (Å²) in [5.41, 5.74) is 0. The first-order valence-electron chi connectivity index (χ1n) is 12.6. The molecule has 1 aliphatic rings. The van der Waals surface area contributed by atoms with Crippen molar-refractivity contribution in [3.8, 4) is 0 Å². The van der Waals surface area contributed by atoms with E-state index in [1.807, 2.05) is 0 Å². The third-order valence-electron chi connectivity index (χ3n) is 6.46.